The molecular weight excluding hydrogens is 840 g/mol. The van der Waals surface area contributed by atoms with Crippen molar-refractivity contribution in [1.82, 2.24) is 21.3 Å². The lowest BCUT2D eigenvalue weighted by Gasteiger charge is -2.52. The van der Waals surface area contributed by atoms with Crippen molar-refractivity contribution < 1.29 is 33.3 Å². The van der Waals surface area contributed by atoms with Gasteiger partial charge in [-0.15, -0.1) is 0 Å². The van der Waals surface area contributed by atoms with E-state index in [0.29, 0.717) is 64.8 Å². The summed E-state index contributed by atoms with van der Waals surface area (Å²) in [6.07, 6.45) is 2.15. The number of methoxy groups -OCH3 is 5. The van der Waals surface area contributed by atoms with E-state index < -0.39 is 35.0 Å². The maximum absolute atomic E-state index is 15.8. The zero-order valence-corrected chi connectivity index (χ0v) is 38.8. The van der Waals surface area contributed by atoms with Crippen molar-refractivity contribution >= 4 is 23.4 Å². The van der Waals surface area contributed by atoms with Crippen molar-refractivity contribution in [2.75, 3.05) is 49.6 Å². The second-order valence-corrected chi connectivity index (χ2v) is 16.0. The first-order chi connectivity index (χ1) is 31.6. The van der Waals surface area contributed by atoms with Gasteiger partial charge in [0.15, 0.2) is 34.1 Å². The first-order valence-corrected chi connectivity index (χ1v) is 21.9. The number of carbonyl (C=O) groups excluding carboxylic acids is 2. The smallest absolute Gasteiger partial charge is 0.247 e. The Labute approximate surface area is 387 Å². The highest BCUT2D eigenvalue weighted by molar-refractivity contribution is 6.30. The van der Waals surface area contributed by atoms with E-state index >= 15 is 9.59 Å². The van der Waals surface area contributed by atoms with Crippen LogP contribution in [0.4, 0.5) is 0 Å². The highest BCUT2D eigenvalue weighted by Gasteiger charge is 2.64. The first-order valence-electron chi connectivity index (χ1n) is 21.5. The summed E-state index contributed by atoms with van der Waals surface area (Å²) in [6, 6.07) is 44.8. The number of nitrogens with one attached hydrogen (secondary N) is 4. The van der Waals surface area contributed by atoms with Gasteiger partial charge in [0.25, 0.3) is 0 Å². The van der Waals surface area contributed by atoms with Crippen molar-refractivity contribution in [2.45, 2.75) is 48.8 Å². The number of amides is 2. The second-order valence-electron chi connectivity index (χ2n) is 15.6. The maximum atomic E-state index is 15.8. The molecule has 6 rings (SSSR count). The van der Waals surface area contributed by atoms with Crippen LogP contribution in [0, 0.1) is 0 Å². The molecule has 6 aromatic carbocycles. The molecule has 11 nitrogen and oxygen atoms in total. The van der Waals surface area contributed by atoms with Gasteiger partial charge in [-0.05, 0) is 108 Å². The lowest BCUT2D eigenvalue weighted by atomic mass is 9.65. The molecule has 6 aromatic rings. The van der Waals surface area contributed by atoms with E-state index in [-0.39, 0.29) is 0 Å². The number of aryl methyl sites for hydroxylation is 2. The summed E-state index contributed by atoms with van der Waals surface area (Å²) >= 11 is 6.33. The molecule has 0 aromatic heterocycles. The van der Waals surface area contributed by atoms with Crippen LogP contribution in [0.25, 0.3) is 0 Å². The van der Waals surface area contributed by atoms with E-state index in [1.54, 1.807) is 49.6 Å². The monoisotopic (exact) mass is 898 g/mol. The van der Waals surface area contributed by atoms with Gasteiger partial charge < -0.3 is 34.3 Å². The number of carbonyl (C=O) groups is 2. The minimum absolute atomic E-state index is 0.456. The predicted octanol–water partition coefficient (Wildman–Crippen LogP) is 8.89. The van der Waals surface area contributed by atoms with E-state index in [4.69, 9.17) is 35.3 Å². The molecular formula is C53H59ClN4O7. The average Bonchev–Trinajstić information content (AvgIpc) is 3.37. The quantitative estimate of drug-likeness (QED) is 0.0529. The van der Waals surface area contributed by atoms with Crippen LogP contribution < -0.4 is 45.0 Å². The van der Waals surface area contributed by atoms with Crippen LogP contribution in [-0.4, -0.2) is 61.5 Å². The van der Waals surface area contributed by atoms with Gasteiger partial charge in [0.05, 0.1) is 35.5 Å². The summed E-state index contributed by atoms with van der Waals surface area (Å²) in [4.78, 5) is 31.6. The summed E-state index contributed by atoms with van der Waals surface area (Å²) in [7, 11) is 11.2. The van der Waals surface area contributed by atoms with Gasteiger partial charge in [0.1, 0.15) is 5.75 Å². The Morgan fingerprint density at radius 2 is 0.877 bits per heavy atom. The van der Waals surface area contributed by atoms with Crippen LogP contribution in [0.2, 0.25) is 5.02 Å². The molecule has 0 aliphatic rings. The van der Waals surface area contributed by atoms with Crippen molar-refractivity contribution in [1.29, 1.82) is 0 Å². The topological polar surface area (TPSA) is 128 Å². The fourth-order valence-electron chi connectivity index (χ4n) is 8.67. The molecule has 2 amide bonds. The number of hydrogen-bond acceptors (Lipinski definition) is 9. The summed E-state index contributed by atoms with van der Waals surface area (Å²) in [5.41, 5.74) is 0.995. The Hall–Kier alpha value is -6.53. The number of halogens is 1. The van der Waals surface area contributed by atoms with Crippen LogP contribution >= 0.6 is 11.6 Å². The zero-order valence-electron chi connectivity index (χ0n) is 38.1. The maximum Gasteiger partial charge on any atom is 0.247 e. The van der Waals surface area contributed by atoms with Crippen molar-refractivity contribution in [3.8, 4) is 28.7 Å². The SMILES string of the molecule is CNC(=O)[C@@](N[C@@H](CCc1ccc(Cl)cc1)c1ccc(OC)c(OC)c1)(c1ccccc1)[C@@](N[C@H](CCc1ccc(OC)cc1)c1ccc(OC)c(OC)c1)(C(=O)NC)c1ccccc1. The van der Waals surface area contributed by atoms with E-state index in [1.165, 1.54) is 0 Å². The van der Waals surface area contributed by atoms with Crippen molar-refractivity contribution in [3.63, 3.8) is 0 Å². The molecule has 4 N–H and O–H groups in total. The third-order valence-corrected chi connectivity index (χ3v) is 12.3. The van der Waals surface area contributed by atoms with Gasteiger partial charge in [-0.2, -0.15) is 0 Å². The average molecular weight is 900 g/mol. The molecule has 0 saturated carbocycles. The molecule has 0 spiro atoms. The lowest BCUT2D eigenvalue weighted by Crippen LogP contribution is -2.75. The summed E-state index contributed by atoms with van der Waals surface area (Å²) in [6.45, 7) is 0. The van der Waals surface area contributed by atoms with E-state index in [9.17, 15) is 0 Å². The number of rotatable bonds is 22. The van der Waals surface area contributed by atoms with Crippen LogP contribution in [0.3, 0.4) is 0 Å². The Bertz CT molecular complexity index is 2470. The largest absolute Gasteiger partial charge is 0.497 e. The first kappa shape index (κ1) is 47.9. The van der Waals surface area contributed by atoms with Crippen LogP contribution in [0.5, 0.6) is 28.7 Å². The van der Waals surface area contributed by atoms with Crippen LogP contribution in [0.1, 0.15) is 58.3 Å². The van der Waals surface area contributed by atoms with Gasteiger partial charge >= 0.3 is 0 Å². The van der Waals surface area contributed by atoms with Gasteiger partial charge in [-0.3, -0.25) is 20.2 Å². The fraction of sp³-hybridized carbons (Fsp3) is 0.283. The highest BCUT2D eigenvalue weighted by Crippen LogP contribution is 2.47. The predicted molar refractivity (Wildman–Crippen MR) is 256 cm³/mol. The summed E-state index contributed by atoms with van der Waals surface area (Å²) in [5, 5.41) is 14.6. The molecule has 0 bridgehead atoms. The van der Waals surface area contributed by atoms with Crippen LogP contribution in [-0.2, 0) is 33.5 Å². The van der Waals surface area contributed by atoms with Gasteiger partial charge in [-0.1, -0.05) is 109 Å². The molecule has 0 aliphatic carbocycles. The number of benzene rings is 6. The van der Waals surface area contributed by atoms with Crippen LogP contribution in [0.15, 0.2) is 146 Å². The molecule has 0 radical (unpaired) electrons. The third-order valence-electron chi connectivity index (χ3n) is 12.0. The van der Waals surface area contributed by atoms with E-state index in [1.807, 2.05) is 146 Å². The number of ether oxygens (including phenoxy) is 5. The van der Waals surface area contributed by atoms with E-state index in [2.05, 4.69) is 21.3 Å². The van der Waals surface area contributed by atoms with Gasteiger partial charge in [0.2, 0.25) is 11.8 Å². The Balaban J connectivity index is 1.67. The summed E-state index contributed by atoms with van der Waals surface area (Å²) < 4.78 is 28.5. The highest BCUT2D eigenvalue weighted by atomic mass is 35.5. The van der Waals surface area contributed by atoms with Crippen molar-refractivity contribution in [3.05, 3.63) is 184 Å². The lowest BCUT2D eigenvalue weighted by molar-refractivity contribution is -0.144. The number of likely N-dealkylation sites (N-methyl/N-ethyl adjacent to an activating group) is 2. The number of hydrogen-bond donors (Lipinski definition) is 4. The molecule has 0 saturated heterocycles. The molecule has 65 heavy (non-hydrogen) atoms. The van der Waals surface area contributed by atoms with Gasteiger partial charge in [0, 0.05) is 31.2 Å². The minimum Gasteiger partial charge on any atom is -0.497 e. The molecule has 12 heteroatoms. The standard InChI is InChI=1S/C53H59ClN4O7/c1-55-50(59)52(40-14-10-8-11-15-40,57-44(30-22-36-18-26-42(54)27-19-36)38-24-32-46(62-4)48(34-38)64-6)53(51(60)56-2,41-16-12-9-13-17-41)58-45(31-23-37-20-28-43(61-3)29-21-37)39-25-33-47(63-5)49(35-39)65-7/h8-21,24-29,32-35,44-45,57-58H,22-23,30-31H2,1-7H3,(H,55,59)(H,56,60)/t44-,45+,52-,53-/m0/s1. The Morgan fingerprint density at radius 3 is 1.23 bits per heavy atom. The van der Waals surface area contributed by atoms with E-state index in [0.717, 1.165) is 28.0 Å². The molecule has 0 aliphatic heterocycles. The molecule has 0 heterocycles. The molecule has 0 unspecified atom stereocenters. The fourth-order valence-corrected chi connectivity index (χ4v) is 8.80. The molecule has 340 valence electrons. The normalized spacial score (nSPS) is 13.8. The minimum atomic E-state index is -1.89. The zero-order chi connectivity index (χ0) is 46.4. The Morgan fingerprint density at radius 1 is 0.492 bits per heavy atom. The molecule has 4 atom stereocenters. The summed E-state index contributed by atoms with van der Waals surface area (Å²) in [5.74, 6) is 1.96. The second kappa shape index (κ2) is 22.4. The Kier molecular flexibility index (Phi) is 16.5. The third kappa shape index (κ3) is 10.4. The van der Waals surface area contributed by atoms with Gasteiger partial charge in [-0.25, -0.2) is 0 Å². The van der Waals surface area contributed by atoms with Crippen molar-refractivity contribution in [2.24, 2.45) is 0 Å². The molecule has 0 fully saturated rings.